The normalized spacial score (nSPS) is 11.2. The summed E-state index contributed by atoms with van der Waals surface area (Å²) in [6, 6.07) is 14.5. The first-order chi connectivity index (χ1) is 9.60. The highest BCUT2D eigenvalue weighted by molar-refractivity contribution is 9.10. The molecule has 2 aromatic carbocycles. The number of carboxylic acid groups (broad SMARTS) is 1. The van der Waals surface area contributed by atoms with Crippen molar-refractivity contribution in [3.05, 3.63) is 64.1 Å². The summed E-state index contributed by atoms with van der Waals surface area (Å²) in [5.41, 5.74) is 1.65. The second-order valence-corrected chi connectivity index (χ2v) is 5.07. The van der Waals surface area contributed by atoms with Crippen LogP contribution in [0.5, 0.6) is 5.75 Å². The molecule has 0 aliphatic carbocycles. The molecule has 0 fully saturated rings. The third-order valence-corrected chi connectivity index (χ3v) is 3.26. The van der Waals surface area contributed by atoms with Crippen LogP contribution >= 0.6 is 15.9 Å². The zero-order valence-electron chi connectivity index (χ0n) is 10.8. The average Bonchev–Trinajstić information content (AvgIpc) is 2.44. The summed E-state index contributed by atoms with van der Waals surface area (Å²) in [6.07, 6.45) is 1.64. The van der Waals surface area contributed by atoms with Gasteiger partial charge < -0.3 is 9.84 Å². The predicted molar refractivity (Wildman–Crippen MR) is 82.6 cm³/mol. The quantitative estimate of drug-likeness (QED) is 0.677. The van der Waals surface area contributed by atoms with E-state index in [4.69, 9.17) is 4.74 Å². The zero-order valence-corrected chi connectivity index (χ0v) is 12.4. The van der Waals surface area contributed by atoms with Gasteiger partial charge in [-0.05, 0) is 41.5 Å². The van der Waals surface area contributed by atoms with Crippen LogP contribution in [0.25, 0.3) is 11.6 Å². The topological polar surface area (TPSA) is 46.5 Å². The summed E-state index contributed by atoms with van der Waals surface area (Å²) in [7, 11) is 1.55. The van der Waals surface area contributed by atoms with Crippen molar-refractivity contribution in [2.24, 2.45) is 0 Å². The molecular formula is C16H13BrO3. The Labute approximate surface area is 125 Å². The van der Waals surface area contributed by atoms with Crippen LogP contribution in [0, 0.1) is 0 Å². The van der Waals surface area contributed by atoms with E-state index < -0.39 is 5.97 Å². The van der Waals surface area contributed by atoms with Crippen molar-refractivity contribution in [2.75, 3.05) is 7.11 Å². The highest BCUT2D eigenvalue weighted by Gasteiger charge is 2.11. The van der Waals surface area contributed by atoms with Crippen LogP contribution in [-0.4, -0.2) is 18.2 Å². The largest absolute Gasteiger partial charge is 0.497 e. The molecule has 1 N–H and O–H groups in total. The number of ether oxygens (including phenoxy) is 1. The number of rotatable bonds is 4. The Morgan fingerprint density at radius 2 is 1.95 bits per heavy atom. The lowest BCUT2D eigenvalue weighted by Gasteiger charge is -2.06. The lowest BCUT2D eigenvalue weighted by atomic mass is 10.0. The molecule has 0 radical (unpaired) electrons. The Morgan fingerprint density at radius 3 is 2.60 bits per heavy atom. The first-order valence-corrected chi connectivity index (χ1v) is 6.74. The SMILES string of the molecule is COc1cccc(/C(=C/c2cccc(Br)c2)C(=O)O)c1. The van der Waals surface area contributed by atoms with Gasteiger partial charge >= 0.3 is 5.97 Å². The molecule has 0 heterocycles. The fourth-order valence-electron chi connectivity index (χ4n) is 1.82. The number of hydrogen-bond acceptors (Lipinski definition) is 2. The van der Waals surface area contributed by atoms with Crippen LogP contribution < -0.4 is 4.74 Å². The number of hydrogen-bond donors (Lipinski definition) is 1. The van der Waals surface area contributed by atoms with Gasteiger partial charge in [0.1, 0.15) is 5.75 Å². The predicted octanol–water partition coefficient (Wildman–Crippen LogP) is 4.08. The lowest BCUT2D eigenvalue weighted by molar-refractivity contribution is -0.130. The lowest BCUT2D eigenvalue weighted by Crippen LogP contribution is -2.00. The molecule has 0 aromatic heterocycles. The molecule has 0 unspecified atom stereocenters. The van der Waals surface area contributed by atoms with Gasteiger partial charge in [-0.1, -0.05) is 40.2 Å². The van der Waals surface area contributed by atoms with Crippen LogP contribution in [0.4, 0.5) is 0 Å². The molecule has 0 saturated carbocycles. The van der Waals surface area contributed by atoms with Gasteiger partial charge in [0.2, 0.25) is 0 Å². The van der Waals surface area contributed by atoms with E-state index in [1.165, 1.54) is 0 Å². The molecule has 102 valence electrons. The Morgan fingerprint density at radius 1 is 1.20 bits per heavy atom. The second-order valence-electron chi connectivity index (χ2n) is 4.15. The van der Waals surface area contributed by atoms with Gasteiger partial charge in [0.15, 0.2) is 0 Å². The second kappa shape index (κ2) is 6.39. The minimum atomic E-state index is -0.974. The number of carboxylic acids is 1. The first kappa shape index (κ1) is 14.3. The summed E-state index contributed by atoms with van der Waals surface area (Å²) in [6.45, 7) is 0. The third kappa shape index (κ3) is 3.48. The van der Waals surface area contributed by atoms with Crippen molar-refractivity contribution in [2.45, 2.75) is 0 Å². The highest BCUT2D eigenvalue weighted by Crippen LogP contribution is 2.23. The van der Waals surface area contributed by atoms with Crippen LogP contribution in [0.1, 0.15) is 11.1 Å². The molecule has 0 aliphatic rings. The van der Waals surface area contributed by atoms with E-state index >= 15 is 0 Å². The van der Waals surface area contributed by atoms with Crippen LogP contribution in [0.2, 0.25) is 0 Å². The van der Waals surface area contributed by atoms with Crippen molar-refractivity contribution in [3.63, 3.8) is 0 Å². The van der Waals surface area contributed by atoms with Crippen molar-refractivity contribution in [3.8, 4) is 5.75 Å². The molecule has 0 spiro atoms. The van der Waals surface area contributed by atoms with Gasteiger partial charge in [-0.3, -0.25) is 0 Å². The summed E-state index contributed by atoms with van der Waals surface area (Å²) >= 11 is 3.37. The molecule has 0 atom stereocenters. The van der Waals surface area contributed by atoms with Gasteiger partial charge in [0.05, 0.1) is 12.7 Å². The minimum Gasteiger partial charge on any atom is -0.497 e. The van der Waals surface area contributed by atoms with Crippen LogP contribution in [0.15, 0.2) is 53.0 Å². The van der Waals surface area contributed by atoms with E-state index in [0.29, 0.717) is 11.3 Å². The molecular weight excluding hydrogens is 320 g/mol. The Balaban J connectivity index is 2.48. The maximum Gasteiger partial charge on any atom is 0.336 e. The van der Waals surface area contributed by atoms with Crippen molar-refractivity contribution >= 4 is 33.5 Å². The van der Waals surface area contributed by atoms with E-state index in [0.717, 1.165) is 10.0 Å². The smallest absolute Gasteiger partial charge is 0.336 e. The molecule has 2 rings (SSSR count). The minimum absolute atomic E-state index is 0.224. The van der Waals surface area contributed by atoms with E-state index in [-0.39, 0.29) is 5.57 Å². The average molecular weight is 333 g/mol. The molecule has 0 aliphatic heterocycles. The van der Waals surface area contributed by atoms with Gasteiger partial charge in [0, 0.05) is 4.47 Å². The molecule has 2 aromatic rings. The highest BCUT2D eigenvalue weighted by atomic mass is 79.9. The number of methoxy groups -OCH3 is 1. The number of carbonyl (C=O) groups is 1. The fourth-order valence-corrected chi connectivity index (χ4v) is 2.24. The number of halogens is 1. The zero-order chi connectivity index (χ0) is 14.5. The van der Waals surface area contributed by atoms with E-state index in [1.807, 2.05) is 24.3 Å². The summed E-state index contributed by atoms with van der Waals surface area (Å²) in [5.74, 6) is -0.345. The van der Waals surface area contributed by atoms with Gasteiger partial charge in [-0.25, -0.2) is 4.79 Å². The first-order valence-electron chi connectivity index (χ1n) is 5.95. The number of aliphatic carboxylic acids is 1. The van der Waals surface area contributed by atoms with Crippen molar-refractivity contribution < 1.29 is 14.6 Å². The third-order valence-electron chi connectivity index (χ3n) is 2.77. The summed E-state index contributed by atoms with van der Waals surface area (Å²) in [5, 5.41) is 9.40. The Bertz CT molecular complexity index is 662. The maximum absolute atomic E-state index is 11.5. The summed E-state index contributed by atoms with van der Waals surface area (Å²) in [4.78, 5) is 11.5. The molecule has 0 amide bonds. The molecule has 4 heteroatoms. The van der Waals surface area contributed by atoms with Gasteiger partial charge in [0.25, 0.3) is 0 Å². The van der Waals surface area contributed by atoms with Gasteiger partial charge in [-0.2, -0.15) is 0 Å². The van der Waals surface area contributed by atoms with Crippen LogP contribution in [0.3, 0.4) is 0 Å². The maximum atomic E-state index is 11.5. The van der Waals surface area contributed by atoms with E-state index in [1.54, 1.807) is 37.5 Å². The van der Waals surface area contributed by atoms with Crippen molar-refractivity contribution in [1.29, 1.82) is 0 Å². The Kier molecular flexibility index (Phi) is 4.58. The number of benzene rings is 2. The fraction of sp³-hybridized carbons (Fsp3) is 0.0625. The summed E-state index contributed by atoms with van der Waals surface area (Å²) < 4.78 is 6.03. The molecule has 0 saturated heterocycles. The van der Waals surface area contributed by atoms with Crippen molar-refractivity contribution in [1.82, 2.24) is 0 Å². The molecule has 0 bridgehead atoms. The van der Waals surface area contributed by atoms with E-state index in [2.05, 4.69) is 15.9 Å². The van der Waals surface area contributed by atoms with Gasteiger partial charge in [-0.15, -0.1) is 0 Å². The molecule has 20 heavy (non-hydrogen) atoms. The monoisotopic (exact) mass is 332 g/mol. The standard InChI is InChI=1S/C16H13BrO3/c1-20-14-7-3-5-12(10-14)15(16(18)19)9-11-4-2-6-13(17)8-11/h2-10H,1H3,(H,18,19)/b15-9-. The molecule has 3 nitrogen and oxygen atoms in total. The Hall–Kier alpha value is -2.07. The van der Waals surface area contributed by atoms with Crippen LogP contribution in [-0.2, 0) is 4.79 Å². The van der Waals surface area contributed by atoms with E-state index in [9.17, 15) is 9.90 Å².